The van der Waals surface area contributed by atoms with Crippen molar-refractivity contribution in [1.82, 2.24) is 20.1 Å². The minimum Gasteiger partial charge on any atom is -0.476 e. The largest absolute Gasteiger partial charge is 0.476 e. The molecule has 0 spiro atoms. The number of amides is 2. The Hall–Kier alpha value is -5.40. The minimum absolute atomic E-state index is 0.0470. The molecular formula is C16H12N8O9. The molecule has 0 aliphatic rings. The molecule has 1 heterocycles. The number of nitriles is 1. The highest BCUT2D eigenvalue weighted by Crippen LogP contribution is 2.22. The van der Waals surface area contributed by atoms with Gasteiger partial charge >= 0.3 is 17.8 Å². The fraction of sp³-hybridized carbons (Fsp3) is 0.125. The van der Waals surface area contributed by atoms with Gasteiger partial charge in [-0.05, 0) is 13.0 Å². The first-order valence-electron chi connectivity index (χ1n) is 8.56. The van der Waals surface area contributed by atoms with Crippen LogP contribution in [0.15, 0.2) is 32.9 Å². The van der Waals surface area contributed by atoms with Crippen LogP contribution >= 0.6 is 0 Å². The van der Waals surface area contributed by atoms with Gasteiger partial charge < -0.3 is 9.84 Å². The maximum Gasteiger partial charge on any atom is 0.414 e. The molecule has 1 aromatic carbocycles. The average Bonchev–Trinajstić information content (AvgIpc) is 2.73. The first kappa shape index (κ1) is 23.9. The quantitative estimate of drug-likeness (QED) is 0.222. The molecule has 2 rings (SSSR count). The molecule has 0 bridgehead atoms. The number of carbonyl (C=O) groups excluding carboxylic acids is 2. The number of imide groups is 1. The van der Waals surface area contributed by atoms with E-state index in [4.69, 9.17) is 10.4 Å². The van der Waals surface area contributed by atoms with Gasteiger partial charge in [0.25, 0.3) is 17.2 Å². The third kappa shape index (κ3) is 5.82. The van der Waals surface area contributed by atoms with E-state index in [0.29, 0.717) is 4.68 Å². The zero-order valence-electron chi connectivity index (χ0n) is 16.4. The van der Waals surface area contributed by atoms with Crippen LogP contribution in [0.1, 0.15) is 17.4 Å². The lowest BCUT2D eigenvalue weighted by Crippen LogP contribution is -2.36. The summed E-state index contributed by atoms with van der Waals surface area (Å²) in [5, 5.41) is 37.9. The lowest BCUT2D eigenvalue weighted by molar-refractivity contribution is -0.384. The van der Waals surface area contributed by atoms with Crippen molar-refractivity contribution >= 4 is 35.1 Å². The van der Waals surface area contributed by atoms with Crippen molar-refractivity contribution < 1.29 is 29.2 Å². The summed E-state index contributed by atoms with van der Waals surface area (Å²) in [7, 11) is 0. The van der Waals surface area contributed by atoms with Gasteiger partial charge in [0.05, 0.1) is 22.9 Å². The first-order valence-corrected chi connectivity index (χ1v) is 8.56. The average molecular weight is 460 g/mol. The Morgan fingerprint density at radius 2 is 2.06 bits per heavy atom. The first-order chi connectivity index (χ1) is 15.6. The number of H-pyrrole nitrogens is 1. The van der Waals surface area contributed by atoms with Crippen molar-refractivity contribution in [1.29, 1.82) is 5.26 Å². The van der Waals surface area contributed by atoms with Crippen LogP contribution in [0.25, 0.3) is 5.69 Å². The molecule has 0 atom stereocenters. The van der Waals surface area contributed by atoms with Gasteiger partial charge in [0.15, 0.2) is 0 Å². The van der Waals surface area contributed by atoms with Crippen LogP contribution in [-0.4, -0.2) is 55.1 Å². The topological polar surface area (TPSA) is 252 Å². The number of alkyl carbamates (subject to hydrolysis) is 1. The molecule has 0 saturated heterocycles. The molecule has 0 saturated carbocycles. The fourth-order valence-electron chi connectivity index (χ4n) is 2.17. The Labute approximate surface area is 181 Å². The summed E-state index contributed by atoms with van der Waals surface area (Å²) in [6.45, 7) is 1.43. The summed E-state index contributed by atoms with van der Waals surface area (Å²) in [6.07, 6.45) is -1.14. The number of hydrogen-bond donors (Lipinski definition) is 4. The molecule has 0 fully saturated rings. The smallest absolute Gasteiger partial charge is 0.414 e. The predicted molar refractivity (Wildman–Crippen MR) is 106 cm³/mol. The molecule has 170 valence electrons. The van der Waals surface area contributed by atoms with Crippen molar-refractivity contribution in [3.05, 3.63) is 54.8 Å². The van der Waals surface area contributed by atoms with E-state index in [-0.39, 0.29) is 18.0 Å². The number of nitro groups is 1. The van der Waals surface area contributed by atoms with E-state index >= 15 is 0 Å². The van der Waals surface area contributed by atoms with Crippen LogP contribution in [0.3, 0.4) is 0 Å². The SMILES string of the molecule is CCOC(=O)NC(=O)/C(C#N)=N\Nc1cc(-n2nc(C(=O)O)c(=O)[nH]c2=O)cc([N+](=O)[O-])c1. The lowest BCUT2D eigenvalue weighted by Gasteiger charge is -2.08. The van der Waals surface area contributed by atoms with Crippen LogP contribution < -0.4 is 22.0 Å². The number of carboxylic acid groups (broad SMARTS) is 1. The number of nitro benzene ring substituents is 1. The Morgan fingerprint density at radius 1 is 1.36 bits per heavy atom. The number of nitrogens with zero attached hydrogens (tertiary/aromatic N) is 5. The number of benzene rings is 1. The standard InChI is InChI=1S/C16H12N8O9/c1-2-33-16(30)19-12(25)10(6-17)21-20-7-3-8(5-9(4-7)24(31)32)23-15(29)18-13(26)11(22-23)14(27)28/h3-5,20H,2H2,1H3,(H,27,28)(H,18,26,29)(H,19,25,30)/b21-10-. The zero-order valence-corrected chi connectivity index (χ0v) is 16.4. The van der Waals surface area contributed by atoms with E-state index in [1.54, 1.807) is 10.3 Å². The number of rotatable bonds is 7. The van der Waals surface area contributed by atoms with Gasteiger partial charge in [-0.2, -0.15) is 20.1 Å². The van der Waals surface area contributed by atoms with Gasteiger partial charge in [-0.25, -0.2) is 14.4 Å². The van der Waals surface area contributed by atoms with E-state index in [1.807, 2.05) is 0 Å². The monoisotopic (exact) mass is 460 g/mol. The number of ether oxygens (including phenoxy) is 1. The van der Waals surface area contributed by atoms with E-state index in [0.717, 1.165) is 18.2 Å². The summed E-state index contributed by atoms with van der Waals surface area (Å²) in [5.74, 6) is -3.00. The maximum absolute atomic E-state index is 12.1. The second-order valence-corrected chi connectivity index (χ2v) is 5.68. The highest BCUT2D eigenvalue weighted by atomic mass is 16.6. The van der Waals surface area contributed by atoms with Gasteiger partial charge in [0, 0.05) is 12.1 Å². The van der Waals surface area contributed by atoms with Gasteiger partial charge in [-0.15, -0.1) is 0 Å². The number of hydrogen-bond acceptors (Lipinski definition) is 12. The molecule has 0 radical (unpaired) electrons. The normalized spacial score (nSPS) is 10.6. The molecule has 33 heavy (non-hydrogen) atoms. The van der Waals surface area contributed by atoms with E-state index < -0.39 is 51.2 Å². The molecule has 0 unspecified atom stereocenters. The minimum atomic E-state index is -1.76. The molecular weight excluding hydrogens is 448 g/mol. The molecule has 0 aliphatic heterocycles. The van der Waals surface area contributed by atoms with Crippen LogP contribution in [0.5, 0.6) is 0 Å². The number of carbonyl (C=O) groups is 3. The summed E-state index contributed by atoms with van der Waals surface area (Å²) < 4.78 is 4.87. The number of aromatic amines is 1. The second kappa shape index (κ2) is 10.1. The van der Waals surface area contributed by atoms with E-state index in [9.17, 15) is 34.1 Å². The van der Waals surface area contributed by atoms with Crippen molar-refractivity contribution in [2.45, 2.75) is 6.92 Å². The van der Waals surface area contributed by atoms with Crippen LogP contribution in [-0.2, 0) is 9.53 Å². The number of nitrogens with one attached hydrogen (secondary N) is 3. The Bertz CT molecular complexity index is 1330. The number of carboxylic acids is 1. The van der Waals surface area contributed by atoms with Crippen LogP contribution in [0.2, 0.25) is 0 Å². The van der Waals surface area contributed by atoms with E-state index in [1.165, 1.54) is 13.0 Å². The third-order valence-corrected chi connectivity index (χ3v) is 3.50. The molecule has 2 aromatic rings. The summed E-state index contributed by atoms with van der Waals surface area (Å²) >= 11 is 0. The van der Waals surface area contributed by atoms with Crippen molar-refractivity contribution in [2.75, 3.05) is 12.0 Å². The highest BCUT2D eigenvalue weighted by molar-refractivity contribution is 6.46. The molecule has 1 aromatic heterocycles. The van der Waals surface area contributed by atoms with Gasteiger partial charge in [-0.3, -0.25) is 35.4 Å². The molecule has 0 aliphatic carbocycles. The van der Waals surface area contributed by atoms with Gasteiger partial charge in [0.1, 0.15) is 6.07 Å². The number of hydrazone groups is 1. The summed E-state index contributed by atoms with van der Waals surface area (Å²) in [4.78, 5) is 70.0. The van der Waals surface area contributed by atoms with E-state index in [2.05, 4.69) is 20.4 Å². The van der Waals surface area contributed by atoms with Gasteiger partial charge in [-0.1, -0.05) is 0 Å². The maximum atomic E-state index is 12.1. The molecule has 4 N–H and O–H groups in total. The predicted octanol–water partition coefficient (Wildman–Crippen LogP) is -0.909. The van der Waals surface area contributed by atoms with Crippen molar-refractivity contribution in [2.24, 2.45) is 5.10 Å². The number of anilines is 1. The second-order valence-electron chi connectivity index (χ2n) is 5.68. The van der Waals surface area contributed by atoms with Gasteiger partial charge in [0.2, 0.25) is 11.4 Å². The fourth-order valence-corrected chi connectivity index (χ4v) is 2.17. The van der Waals surface area contributed by atoms with Crippen molar-refractivity contribution in [3.63, 3.8) is 0 Å². The number of aromatic nitrogens is 3. The Balaban J connectivity index is 2.50. The summed E-state index contributed by atoms with van der Waals surface area (Å²) in [5.41, 5.74) is -3.47. The Kier molecular flexibility index (Phi) is 7.29. The van der Waals surface area contributed by atoms with Crippen LogP contribution in [0, 0.1) is 21.4 Å². The number of non-ortho nitro benzene ring substituents is 1. The zero-order chi connectivity index (χ0) is 24.7. The molecule has 17 heteroatoms. The third-order valence-electron chi connectivity index (χ3n) is 3.50. The van der Waals surface area contributed by atoms with Crippen molar-refractivity contribution in [3.8, 4) is 11.8 Å². The number of aromatic carboxylic acids is 1. The Morgan fingerprint density at radius 3 is 2.64 bits per heavy atom. The summed E-state index contributed by atoms with van der Waals surface area (Å²) in [6, 6.07) is 4.16. The molecule has 2 amide bonds. The molecule has 17 nitrogen and oxygen atoms in total. The lowest BCUT2D eigenvalue weighted by atomic mass is 10.2. The van der Waals surface area contributed by atoms with Crippen LogP contribution in [0.4, 0.5) is 16.2 Å². The highest BCUT2D eigenvalue weighted by Gasteiger charge is 2.19.